The van der Waals surface area contributed by atoms with Gasteiger partial charge in [-0.3, -0.25) is 4.57 Å². The molecular formula is C16H38O4P2S5. The van der Waals surface area contributed by atoms with Crippen LogP contribution < -0.4 is 0 Å². The molecule has 27 heavy (non-hydrogen) atoms. The maximum atomic E-state index is 12.0. The number of hydrogen-bond donors (Lipinski definition) is 0. The Bertz CT molecular complexity index is 394. The third kappa shape index (κ3) is 19.8. The molecule has 0 radical (unpaired) electrons. The van der Waals surface area contributed by atoms with Crippen molar-refractivity contribution in [3.63, 3.8) is 0 Å². The van der Waals surface area contributed by atoms with Crippen molar-refractivity contribution in [1.29, 1.82) is 0 Å². The second-order valence-electron chi connectivity index (χ2n) is 4.84. The average molecular weight is 517 g/mol. The minimum Gasteiger partial charge on any atom is -0.322 e. The molecule has 4 nitrogen and oxygen atoms in total. The van der Waals surface area contributed by atoms with Gasteiger partial charge in [-0.1, -0.05) is 54.9 Å². The van der Waals surface area contributed by atoms with E-state index in [1.165, 1.54) is 22.8 Å². The van der Waals surface area contributed by atoms with Crippen molar-refractivity contribution in [2.24, 2.45) is 0 Å². The topological polar surface area (TPSA) is 44.8 Å². The Morgan fingerprint density at radius 2 is 1.19 bits per heavy atom. The first-order valence-electron chi connectivity index (χ1n) is 9.51. The third-order valence-electron chi connectivity index (χ3n) is 2.45. The zero-order valence-corrected chi connectivity index (χ0v) is 23.5. The Morgan fingerprint density at radius 1 is 0.704 bits per heavy atom. The molecule has 0 fully saturated rings. The van der Waals surface area contributed by atoms with Gasteiger partial charge in [0.05, 0.1) is 19.8 Å². The molecule has 0 atom stereocenters. The SMILES string of the molecule is CCCSP(=O)(OCC)SCCC.CCOP(=S)(OCC)SCCSCC. The minimum atomic E-state index is -2.42. The zero-order valence-electron chi connectivity index (χ0n) is 17.6. The number of thioether (sulfide) groups is 1. The molecule has 0 saturated carbocycles. The van der Waals surface area contributed by atoms with Crippen LogP contribution in [0.1, 0.15) is 54.4 Å². The van der Waals surface area contributed by atoms with Crippen LogP contribution in [0.25, 0.3) is 0 Å². The maximum absolute atomic E-state index is 12.0. The van der Waals surface area contributed by atoms with Gasteiger partial charge in [0, 0.05) is 23.0 Å². The normalized spacial score (nSPS) is 11.9. The van der Waals surface area contributed by atoms with Crippen LogP contribution in [-0.2, 0) is 29.9 Å². The molecular weight excluding hydrogens is 478 g/mol. The molecule has 0 aliphatic rings. The van der Waals surface area contributed by atoms with Crippen molar-refractivity contribution in [2.75, 3.05) is 48.6 Å². The summed E-state index contributed by atoms with van der Waals surface area (Å²) in [4.78, 5) is 0. The zero-order chi connectivity index (χ0) is 21.0. The Morgan fingerprint density at radius 3 is 1.56 bits per heavy atom. The molecule has 0 N–H and O–H groups in total. The highest BCUT2D eigenvalue weighted by Crippen LogP contribution is 2.69. The van der Waals surface area contributed by atoms with Gasteiger partial charge in [0.1, 0.15) is 0 Å². The van der Waals surface area contributed by atoms with Crippen LogP contribution in [0.2, 0.25) is 0 Å². The van der Waals surface area contributed by atoms with Crippen molar-refractivity contribution in [3.05, 3.63) is 0 Å². The van der Waals surface area contributed by atoms with Crippen LogP contribution in [0.3, 0.4) is 0 Å². The summed E-state index contributed by atoms with van der Waals surface area (Å²) in [7, 11) is 0. The van der Waals surface area contributed by atoms with Gasteiger partial charge >= 0.3 is 5.77 Å². The summed E-state index contributed by atoms with van der Waals surface area (Å²) in [6.07, 6.45) is 2.10. The summed E-state index contributed by atoms with van der Waals surface area (Å²) >= 11 is 11.9. The predicted molar refractivity (Wildman–Crippen MR) is 138 cm³/mol. The maximum Gasteiger partial charge on any atom is 0.313 e. The minimum absolute atomic E-state index is 0.546. The molecule has 0 spiro atoms. The third-order valence-corrected chi connectivity index (χ3v) is 17.1. The first-order chi connectivity index (χ1) is 12.9. The van der Waals surface area contributed by atoms with Gasteiger partial charge in [-0.15, -0.1) is 0 Å². The quantitative estimate of drug-likeness (QED) is 0.141. The lowest BCUT2D eigenvalue weighted by Gasteiger charge is -2.19. The van der Waals surface area contributed by atoms with Gasteiger partial charge in [0.25, 0.3) is 0 Å². The molecule has 0 unspecified atom stereocenters. The lowest BCUT2D eigenvalue weighted by molar-refractivity contribution is 0.280. The van der Waals surface area contributed by atoms with Crippen LogP contribution in [0.5, 0.6) is 0 Å². The summed E-state index contributed by atoms with van der Waals surface area (Å²) in [6.45, 7) is 14.0. The van der Waals surface area contributed by atoms with Gasteiger partial charge < -0.3 is 13.6 Å². The smallest absolute Gasteiger partial charge is 0.313 e. The van der Waals surface area contributed by atoms with Crippen LogP contribution in [0, 0.1) is 0 Å². The molecule has 0 aromatic heterocycles. The lowest BCUT2D eigenvalue weighted by Crippen LogP contribution is -1.94. The molecule has 0 rings (SSSR count). The Labute approximate surface area is 189 Å². The summed E-state index contributed by atoms with van der Waals surface area (Å²) in [6, 6.07) is 0. The highest BCUT2D eigenvalue weighted by molar-refractivity contribution is 8.89. The van der Waals surface area contributed by atoms with Crippen molar-refractivity contribution < 1.29 is 18.1 Å². The molecule has 0 aliphatic heterocycles. The second-order valence-corrected chi connectivity index (χ2v) is 20.3. The molecule has 0 aliphatic carbocycles. The average Bonchev–Trinajstić information content (AvgIpc) is 2.63. The molecule has 0 amide bonds. The number of rotatable bonds is 17. The highest BCUT2D eigenvalue weighted by atomic mass is 33.1. The molecule has 0 aromatic carbocycles. The van der Waals surface area contributed by atoms with Gasteiger partial charge in [0.15, 0.2) is 0 Å². The summed E-state index contributed by atoms with van der Waals surface area (Å²) in [5.74, 6) is 2.74. The molecule has 0 aromatic rings. The van der Waals surface area contributed by atoms with E-state index in [1.54, 1.807) is 11.4 Å². The van der Waals surface area contributed by atoms with E-state index in [-0.39, 0.29) is 0 Å². The first kappa shape index (κ1) is 31.3. The van der Waals surface area contributed by atoms with Crippen molar-refractivity contribution in [1.82, 2.24) is 0 Å². The van der Waals surface area contributed by atoms with E-state index in [9.17, 15) is 4.57 Å². The van der Waals surface area contributed by atoms with Crippen molar-refractivity contribution >= 4 is 69.2 Å². The van der Waals surface area contributed by atoms with E-state index < -0.39 is 11.5 Å². The monoisotopic (exact) mass is 516 g/mol. The molecule has 166 valence electrons. The Kier molecular flexibility index (Phi) is 24.8. The Balaban J connectivity index is 0. The molecule has 11 heteroatoms. The van der Waals surface area contributed by atoms with Crippen LogP contribution in [-0.4, -0.2) is 48.6 Å². The van der Waals surface area contributed by atoms with Crippen LogP contribution >= 0.6 is 57.4 Å². The van der Waals surface area contributed by atoms with E-state index in [2.05, 4.69) is 20.8 Å². The second kappa shape index (κ2) is 21.4. The van der Waals surface area contributed by atoms with E-state index in [0.717, 1.165) is 41.6 Å². The van der Waals surface area contributed by atoms with Crippen LogP contribution in [0.15, 0.2) is 0 Å². The van der Waals surface area contributed by atoms with E-state index >= 15 is 0 Å². The fraction of sp³-hybridized carbons (Fsp3) is 1.00. The largest absolute Gasteiger partial charge is 0.322 e. The van der Waals surface area contributed by atoms with E-state index in [1.807, 2.05) is 32.5 Å². The van der Waals surface area contributed by atoms with Crippen LogP contribution in [0.4, 0.5) is 0 Å². The molecule has 0 bridgehead atoms. The summed E-state index contributed by atoms with van der Waals surface area (Å²) in [5, 5.41) is 0. The highest BCUT2D eigenvalue weighted by Gasteiger charge is 2.23. The van der Waals surface area contributed by atoms with Crippen molar-refractivity contribution in [3.8, 4) is 0 Å². The number of hydrogen-bond acceptors (Lipinski definition) is 9. The van der Waals surface area contributed by atoms with E-state index in [4.69, 9.17) is 25.4 Å². The van der Waals surface area contributed by atoms with Gasteiger partial charge in [-0.25, -0.2) is 0 Å². The fourth-order valence-electron chi connectivity index (χ4n) is 1.46. The standard InChI is InChI=1S/C8H19O2PS3.C8H19O2PS2/c1-4-9-11(12,10-5-2)14-8-7-13-6-3;1-4-7-12-11(9,10-6-3)13-8-5-2/h4-8H2,1-3H3;4-8H2,1-3H3. The molecule has 0 heterocycles. The fourth-order valence-corrected chi connectivity index (χ4v) is 14.4. The summed E-state index contributed by atoms with van der Waals surface area (Å²) in [5.41, 5.74) is -2.02. The lowest BCUT2D eigenvalue weighted by atomic mass is 10.6. The molecule has 0 saturated heterocycles. The predicted octanol–water partition coefficient (Wildman–Crippen LogP) is 8.19. The van der Waals surface area contributed by atoms with Gasteiger partial charge in [-0.2, -0.15) is 11.8 Å². The Hall–Kier alpha value is 2.16. The van der Waals surface area contributed by atoms with Crippen molar-refractivity contribution in [2.45, 2.75) is 54.4 Å². The van der Waals surface area contributed by atoms with E-state index in [0.29, 0.717) is 19.8 Å². The van der Waals surface area contributed by atoms with Gasteiger partial charge in [-0.05, 0) is 51.2 Å². The first-order valence-corrected chi connectivity index (χ1v) is 19.7. The van der Waals surface area contributed by atoms with Gasteiger partial charge in [0.2, 0.25) is 5.69 Å². The summed E-state index contributed by atoms with van der Waals surface area (Å²) < 4.78 is 28.4.